The number of ether oxygens (including phenoxy) is 1. The molecule has 16 heavy (non-hydrogen) atoms. The molecule has 1 rings (SSSR count). The molecule has 1 aliphatic rings. The van der Waals surface area contributed by atoms with Crippen molar-refractivity contribution in [2.75, 3.05) is 26.3 Å². The predicted molar refractivity (Wildman–Crippen MR) is 56.8 cm³/mol. The van der Waals surface area contributed by atoms with Crippen LogP contribution in [0.5, 0.6) is 0 Å². The Hall–Kier alpha value is -1.56. The lowest BCUT2D eigenvalue weighted by Crippen LogP contribution is -2.48. The molecule has 0 saturated carbocycles. The molecule has 1 atom stereocenters. The third-order valence-electron chi connectivity index (χ3n) is 2.27. The second kappa shape index (κ2) is 6.12. The number of aliphatic carboxylic acids is 1. The smallest absolute Gasteiger partial charge is 0.329 e. The van der Waals surface area contributed by atoms with Crippen LogP contribution in [0.3, 0.4) is 0 Å². The molecule has 1 heterocycles. The molecule has 90 valence electrons. The first-order chi connectivity index (χ1) is 7.61. The molecule has 0 spiro atoms. The first kappa shape index (κ1) is 12.5. The highest BCUT2D eigenvalue weighted by molar-refractivity contribution is 5.82. The van der Waals surface area contributed by atoms with E-state index in [1.165, 1.54) is 6.20 Å². The normalized spacial score (nSPS) is 18.4. The SMILES string of the molecule is CC(N/C=C/C(=O)O)C(=O)N1CCOCC1. The molecular weight excluding hydrogens is 212 g/mol. The van der Waals surface area contributed by atoms with Gasteiger partial charge in [0.15, 0.2) is 0 Å². The molecule has 1 fully saturated rings. The molecule has 0 aromatic heterocycles. The Balaban J connectivity index is 2.37. The van der Waals surface area contributed by atoms with Crippen LogP contribution in [0.1, 0.15) is 6.92 Å². The van der Waals surface area contributed by atoms with Gasteiger partial charge in [0.05, 0.1) is 13.2 Å². The largest absolute Gasteiger partial charge is 0.478 e. The van der Waals surface area contributed by atoms with Gasteiger partial charge in [-0.3, -0.25) is 4.79 Å². The van der Waals surface area contributed by atoms with Crippen molar-refractivity contribution >= 4 is 11.9 Å². The summed E-state index contributed by atoms with van der Waals surface area (Å²) in [7, 11) is 0. The maximum absolute atomic E-state index is 11.8. The number of amides is 1. The Morgan fingerprint density at radius 3 is 2.62 bits per heavy atom. The van der Waals surface area contributed by atoms with Crippen LogP contribution in [-0.4, -0.2) is 54.2 Å². The van der Waals surface area contributed by atoms with Crippen LogP contribution in [0.4, 0.5) is 0 Å². The van der Waals surface area contributed by atoms with Gasteiger partial charge in [0, 0.05) is 25.4 Å². The number of hydrogen-bond acceptors (Lipinski definition) is 4. The van der Waals surface area contributed by atoms with Crippen LogP contribution in [0.15, 0.2) is 12.3 Å². The van der Waals surface area contributed by atoms with Crippen molar-refractivity contribution in [2.24, 2.45) is 0 Å². The molecule has 6 heteroatoms. The standard InChI is InChI=1S/C10H16N2O4/c1-8(11-3-2-9(13)14)10(15)12-4-6-16-7-5-12/h2-3,8,11H,4-7H2,1H3,(H,13,14)/b3-2+. The van der Waals surface area contributed by atoms with Crippen LogP contribution in [0.25, 0.3) is 0 Å². The van der Waals surface area contributed by atoms with E-state index in [1.807, 2.05) is 0 Å². The van der Waals surface area contributed by atoms with Crippen molar-refractivity contribution < 1.29 is 19.4 Å². The van der Waals surface area contributed by atoms with Crippen molar-refractivity contribution in [3.8, 4) is 0 Å². The number of nitrogens with one attached hydrogen (secondary N) is 1. The van der Waals surface area contributed by atoms with Crippen LogP contribution >= 0.6 is 0 Å². The Kier molecular flexibility index (Phi) is 4.78. The van der Waals surface area contributed by atoms with E-state index in [2.05, 4.69) is 5.32 Å². The van der Waals surface area contributed by atoms with Gasteiger partial charge in [0.1, 0.15) is 6.04 Å². The summed E-state index contributed by atoms with van der Waals surface area (Å²) in [6, 6.07) is -0.423. The van der Waals surface area contributed by atoms with Gasteiger partial charge >= 0.3 is 5.97 Å². The first-order valence-corrected chi connectivity index (χ1v) is 5.13. The molecule has 1 saturated heterocycles. The van der Waals surface area contributed by atoms with Crippen LogP contribution in [-0.2, 0) is 14.3 Å². The summed E-state index contributed by atoms with van der Waals surface area (Å²) in [6.07, 6.45) is 2.23. The van der Waals surface area contributed by atoms with Crippen molar-refractivity contribution in [3.63, 3.8) is 0 Å². The van der Waals surface area contributed by atoms with E-state index in [0.29, 0.717) is 26.3 Å². The fourth-order valence-electron chi connectivity index (χ4n) is 1.39. The number of hydrogen-bond donors (Lipinski definition) is 2. The summed E-state index contributed by atoms with van der Waals surface area (Å²) >= 11 is 0. The van der Waals surface area contributed by atoms with Gasteiger partial charge in [0.2, 0.25) is 5.91 Å². The van der Waals surface area contributed by atoms with E-state index in [-0.39, 0.29) is 5.91 Å². The van der Waals surface area contributed by atoms with E-state index in [4.69, 9.17) is 9.84 Å². The molecule has 2 N–H and O–H groups in total. The molecule has 1 amide bonds. The Bertz CT molecular complexity index is 285. The van der Waals surface area contributed by atoms with Crippen molar-refractivity contribution in [1.82, 2.24) is 10.2 Å². The second-order valence-corrected chi connectivity index (χ2v) is 3.50. The third kappa shape index (κ3) is 3.90. The number of rotatable bonds is 4. The minimum Gasteiger partial charge on any atom is -0.478 e. The maximum Gasteiger partial charge on any atom is 0.329 e. The zero-order chi connectivity index (χ0) is 12.0. The van der Waals surface area contributed by atoms with E-state index in [1.54, 1.807) is 11.8 Å². The lowest BCUT2D eigenvalue weighted by atomic mass is 10.2. The summed E-state index contributed by atoms with van der Waals surface area (Å²) in [5.41, 5.74) is 0. The second-order valence-electron chi connectivity index (χ2n) is 3.50. The molecule has 0 aliphatic carbocycles. The zero-order valence-electron chi connectivity index (χ0n) is 9.18. The highest BCUT2D eigenvalue weighted by atomic mass is 16.5. The van der Waals surface area contributed by atoms with Gasteiger partial charge in [-0.25, -0.2) is 4.79 Å². The van der Waals surface area contributed by atoms with Gasteiger partial charge in [-0.05, 0) is 6.92 Å². The van der Waals surface area contributed by atoms with E-state index >= 15 is 0 Å². The van der Waals surface area contributed by atoms with E-state index < -0.39 is 12.0 Å². The quantitative estimate of drug-likeness (QED) is 0.629. The monoisotopic (exact) mass is 228 g/mol. The lowest BCUT2D eigenvalue weighted by Gasteiger charge is -2.29. The third-order valence-corrected chi connectivity index (χ3v) is 2.27. The van der Waals surface area contributed by atoms with Gasteiger partial charge in [0.25, 0.3) is 0 Å². The lowest BCUT2D eigenvalue weighted by molar-refractivity contribution is -0.137. The van der Waals surface area contributed by atoms with Crippen molar-refractivity contribution in [3.05, 3.63) is 12.3 Å². The zero-order valence-corrected chi connectivity index (χ0v) is 9.18. The summed E-state index contributed by atoms with van der Waals surface area (Å²) in [5.74, 6) is -1.09. The highest BCUT2D eigenvalue weighted by Crippen LogP contribution is 2.00. The molecule has 1 aliphatic heterocycles. The summed E-state index contributed by atoms with van der Waals surface area (Å²) < 4.78 is 5.14. The number of carboxylic acids is 1. The Morgan fingerprint density at radius 1 is 1.44 bits per heavy atom. The number of carboxylic acid groups (broad SMARTS) is 1. The van der Waals surface area contributed by atoms with E-state index in [0.717, 1.165) is 6.08 Å². The summed E-state index contributed by atoms with van der Waals surface area (Å²) in [4.78, 5) is 23.7. The highest BCUT2D eigenvalue weighted by Gasteiger charge is 2.21. The number of morpholine rings is 1. The number of nitrogens with zero attached hydrogens (tertiary/aromatic N) is 1. The predicted octanol–water partition coefficient (Wildman–Crippen LogP) is -0.578. The average molecular weight is 228 g/mol. The van der Waals surface area contributed by atoms with Crippen LogP contribution in [0.2, 0.25) is 0 Å². The fraction of sp³-hybridized carbons (Fsp3) is 0.600. The summed E-state index contributed by atoms with van der Waals surface area (Å²) in [5, 5.41) is 11.1. The molecular formula is C10H16N2O4. The van der Waals surface area contributed by atoms with Gasteiger partial charge in [-0.1, -0.05) is 0 Å². The van der Waals surface area contributed by atoms with Crippen LogP contribution in [0, 0.1) is 0 Å². The Labute approximate surface area is 93.9 Å². The van der Waals surface area contributed by atoms with E-state index in [9.17, 15) is 9.59 Å². The van der Waals surface area contributed by atoms with Gasteiger partial charge in [-0.15, -0.1) is 0 Å². The minimum atomic E-state index is -1.04. The summed E-state index contributed by atoms with van der Waals surface area (Å²) in [6.45, 7) is 4.00. The Morgan fingerprint density at radius 2 is 2.06 bits per heavy atom. The van der Waals surface area contributed by atoms with Gasteiger partial charge < -0.3 is 20.1 Å². The van der Waals surface area contributed by atoms with Crippen LogP contribution < -0.4 is 5.32 Å². The van der Waals surface area contributed by atoms with Crippen molar-refractivity contribution in [2.45, 2.75) is 13.0 Å². The maximum atomic E-state index is 11.8. The number of carbonyl (C=O) groups is 2. The molecule has 0 aromatic rings. The molecule has 0 bridgehead atoms. The van der Waals surface area contributed by atoms with Gasteiger partial charge in [-0.2, -0.15) is 0 Å². The first-order valence-electron chi connectivity index (χ1n) is 5.13. The molecule has 0 radical (unpaired) electrons. The molecule has 1 unspecified atom stereocenters. The molecule has 6 nitrogen and oxygen atoms in total. The number of carbonyl (C=O) groups excluding carboxylic acids is 1. The molecule has 0 aromatic carbocycles. The van der Waals surface area contributed by atoms with Crippen molar-refractivity contribution in [1.29, 1.82) is 0 Å². The topological polar surface area (TPSA) is 78.9 Å². The minimum absolute atomic E-state index is 0.0432. The average Bonchev–Trinajstić information content (AvgIpc) is 2.28. The fourth-order valence-corrected chi connectivity index (χ4v) is 1.39.